The zero-order valence-corrected chi connectivity index (χ0v) is 12.0. The van der Waals surface area contributed by atoms with E-state index in [1.165, 1.54) is 6.42 Å². The van der Waals surface area contributed by atoms with E-state index in [0.717, 1.165) is 45.1 Å². The normalized spacial score (nSPS) is 30.6. The van der Waals surface area contributed by atoms with E-state index in [1.54, 1.807) is 7.11 Å². The molecule has 0 atom stereocenters. The van der Waals surface area contributed by atoms with E-state index >= 15 is 0 Å². The van der Waals surface area contributed by atoms with Crippen LogP contribution in [0.3, 0.4) is 0 Å². The molecular formula is C14H24ClNO2. The first-order valence-corrected chi connectivity index (χ1v) is 7.53. The van der Waals surface area contributed by atoms with Crippen molar-refractivity contribution in [2.45, 2.75) is 62.3 Å². The van der Waals surface area contributed by atoms with Gasteiger partial charge in [-0.15, -0.1) is 11.6 Å². The van der Waals surface area contributed by atoms with Crippen molar-refractivity contribution < 1.29 is 9.53 Å². The fourth-order valence-electron chi connectivity index (χ4n) is 2.96. The van der Waals surface area contributed by atoms with Crippen LogP contribution in [0.5, 0.6) is 0 Å². The summed E-state index contributed by atoms with van der Waals surface area (Å²) in [5, 5.41) is 3.41. The fourth-order valence-corrected chi connectivity index (χ4v) is 3.22. The molecule has 0 radical (unpaired) electrons. The Morgan fingerprint density at radius 3 is 2.50 bits per heavy atom. The van der Waals surface area contributed by atoms with Crippen LogP contribution in [-0.2, 0) is 9.53 Å². The summed E-state index contributed by atoms with van der Waals surface area (Å²) in [5.74, 6) is 0.758. The Labute approximate surface area is 115 Å². The minimum Gasteiger partial charge on any atom is -0.378 e. The number of carbonyl (C=O) groups is 1. The summed E-state index contributed by atoms with van der Waals surface area (Å²) in [7, 11) is 1.72. The predicted molar refractivity (Wildman–Crippen MR) is 72.8 cm³/mol. The number of rotatable bonds is 5. The van der Waals surface area contributed by atoms with Crippen LogP contribution in [0.15, 0.2) is 0 Å². The maximum absolute atomic E-state index is 11.9. The number of amides is 1. The summed E-state index contributed by atoms with van der Waals surface area (Å²) in [5.41, 5.74) is -0.155. The Balaban J connectivity index is 1.65. The Morgan fingerprint density at radius 1 is 1.33 bits per heavy atom. The second kappa shape index (κ2) is 6.25. The summed E-state index contributed by atoms with van der Waals surface area (Å²) in [6.45, 7) is 0.808. The number of ether oxygens (including phenoxy) is 1. The second-order valence-electron chi connectivity index (χ2n) is 5.84. The number of hydrogen-bond acceptors (Lipinski definition) is 2. The van der Waals surface area contributed by atoms with E-state index in [0.29, 0.717) is 17.7 Å². The highest BCUT2D eigenvalue weighted by atomic mass is 35.5. The van der Waals surface area contributed by atoms with Gasteiger partial charge in [0.15, 0.2) is 0 Å². The molecular weight excluding hydrogens is 250 g/mol. The van der Waals surface area contributed by atoms with Gasteiger partial charge in [-0.05, 0) is 50.9 Å². The van der Waals surface area contributed by atoms with Gasteiger partial charge < -0.3 is 10.1 Å². The Morgan fingerprint density at radius 2 is 2.00 bits per heavy atom. The van der Waals surface area contributed by atoms with Crippen molar-refractivity contribution in [3.8, 4) is 0 Å². The Bertz CT molecular complexity index is 278. The largest absolute Gasteiger partial charge is 0.378 e. The fraction of sp³-hybridized carbons (Fsp3) is 0.929. The van der Waals surface area contributed by atoms with Crippen LogP contribution in [0, 0.1) is 5.92 Å². The lowest BCUT2D eigenvalue weighted by Crippen LogP contribution is -2.44. The Kier molecular flexibility index (Phi) is 4.91. The van der Waals surface area contributed by atoms with Gasteiger partial charge in [0.1, 0.15) is 0 Å². The van der Waals surface area contributed by atoms with E-state index in [-0.39, 0.29) is 11.5 Å². The molecule has 2 aliphatic carbocycles. The summed E-state index contributed by atoms with van der Waals surface area (Å²) in [6.07, 6.45) is 8.21. The van der Waals surface area contributed by atoms with Gasteiger partial charge in [0, 0.05) is 19.0 Å². The molecule has 1 N–H and O–H groups in total. The van der Waals surface area contributed by atoms with Gasteiger partial charge in [-0.3, -0.25) is 4.79 Å². The monoisotopic (exact) mass is 273 g/mol. The lowest BCUT2D eigenvalue weighted by molar-refractivity contribution is -0.134. The molecule has 2 aliphatic rings. The highest BCUT2D eigenvalue weighted by Crippen LogP contribution is 2.37. The first-order valence-electron chi connectivity index (χ1n) is 7.09. The SMILES string of the molecule is COC1(CC(=O)NCC2CCC(Cl)CC2)CCC1. The summed E-state index contributed by atoms with van der Waals surface area (Å²) in [4.78, 5) is 11.9. The van der Waals surface area contributed by atoms with Gasteiger partial charge >= 0.3 is 0 Å². The number of methoxy groups -OCH3 is 1. The minimum absolute atomic E-state index is 0.143. The average molecular weight is 274 g/mol. The van der Waals surface area contributed by atoms with Gasteiger partial charge in [0.05, 0.1) is 12.0 Å². The van der Waals surface area contributed by atoms with Crippen molar-refractivity contribution in [1.82, 2.24) is 5.32 Å². The molecule has 2 fully saturated rings. The smallest absolute Gasteiger partial charge is 0.222 e. The predicted octanol–water partition coefficient (Wildman–Crippen LogP) is 2.86. The molecule has 4 heteroatoms. The molecule has 0 aromatic rings. The van der Waals surface area contributed by atoms with E-state index in [9.17, 15) is 4.79 Å². The maximum atomic E-state index is 11.9. The third-order valence-corrected chi connectivity index (χ3v) is 4.98. The molecule has 0 aromatic heterocycles. The van der Waals surface area contributed by atoms with Crippen molar-refractivity contribution in [3.63, 3.8) is 0 Å². The molecule has 0 aromatic carbocycles. The zero-order chi connectivity index (χ0) is 13.0. The number of hydrogen-bond donors (Lipinski definition) is 1. The van der Waals surface area contributed by atoms with E-state index in [4.69, 9.17) is 16.3 Å². The van der Waals surface area contributed by atoms with Gasteiger partial charge in [-0.2, -0.15) is 0 Å². The van der Waals surface area contributed by atoms with Crippen molar-refractivity contribution >= 4 is 17.5 Å². The van der Waals surface area contributed by atoms with Crippen molar-refractivity contribution in [1.29, 1.82) is 0 Å². The average Bonchev–Trinajstić information content (AvgIpc) is 2.33. The van der Waals surface area contributed by atoms with Gasteiger partial charge in [-0.1, -0.05) is 0 Å². The first kappa shape index (κ1) is 14.1. The third kappa shape index (κ3) is 3.61. The molecule has 2 saturated carbocycles. The molecule has 0 saturated heterocycles. The van der Waals surface area contributed by atoms with Gasteiger partial charge in [0.25, 0.3) is 0 Å². The van der Waals surface area contributed by atoms with E-state index < -0.39 is 0 Å². The number of halogens is 1. The van der Waals surface area contributed by atoms with Crippen molar-refractivity contribution in [2.24, 2.45) is 5.92 Å². The second-order valence-corrected chi connectivity index (χ2v) is 6.46. The molecule has 3 nitrogen and oxygen atoms in total. The standard InChI is InChI=1S/C14H24ClNO2/c1-18-14(7-2-8-14)9-13(17)16-10-11-3-5-12(15)6-4-11/h11-12H,2-10H2,1H3,(H,16,17). The lowest BCUT2D eigenvalue weighted by Gasteiger charge is -2.40. The van der Waals surface area contributed by atoms with Gasteiger partial charge in [-0.25, -0.2) is 0 Å². The third-order valence-electron chi connectivity index (χ3n) is 4.54. The van der Waals surface area contributed by atoms with Crippen LogP contribution in [0.4, 0.5) is 0 Å². The summed E-state index contributed by atoms with van der Waals surface area (Å²) >= 11 is 6.07. The van der Waals surface area contributed by atoms with Crippen LogP contribution >= 0.6 is 11.6 Å². The molecule has 2 rings (SSSR count). The number of carbonyl (C=O) groups excluding carboxylic acids is 1. The minimum atomic E-state index is -0.155. The highest BCUT2D eigenvalue weighted by molar-refractivity contribution is 6.20. The van der Waals surface area contributed by atoms with Crippen molar-refractivity contribution in [2.75, 3.05) is 13.7 Å². The molecule has 0 spiro atoms. The van der Waals surface area contributed by atoms with E-state index in [1.807, 2.05) is 0 Å². The van der Waals surface area contributed by atoms with Crippen LogP contribution in [0.1, 0.15) is 51.4 Å². The highest BCUT2D eigenvalue weighted by Gasteiger charge is 2.39. The molecule has 104 valence electrons. The number of alkyl halides is 1. The van der Waals surface area contributed by atoms with E-state index in [2.05, 4.69) is 5.32 Å². The summed E-state index contributed by atoms with van der Waals surface area (Å²) in [6, 6.07) is 0. The molecule has 0 bridgehead atoms. The maximum Gasteiger partial charge on any atom is 0.222 e. The quantitative estimate of drug-likeness (QED) is 0.783. The lowest BCUT2D eigenvalue weighted by atomic mass is 9.77. The molecule has 18 heavy (non-hydrogen) atoms. The van der Waals surface area contributed by atoms with Crippen LogP contribution in [0.25, 0.3) is 0 Å². The van der Waals surface area contributed by atoms with Crippen LogP contribution in [0.2, 0.25) is 0 Å². The number of nitrogens with one attached hydrogen (secondary N) is 1. The Hall–Kier alpha value is -0.280. The summed E-state index contributed by atoms with van der Waals surface area (Å²) < 4.78 is 5.47. The topological polar surface area (TPSA) is 38.3 Å². The molecule has 0 unspecified atom stereocenters. The van der Waals surface area contributed by atoms with Gasteiger partial charge in [0.2, 0.25) is 5.91 Å². The molecule has 1 amide bonds. The van der Waals surface area contributed by atoms with Crippen molar-refractivity contribution in [3.05, 3.63) is 0 Å². The molecule has 0 heterocycles. The van der Waals surface area contributed by atoms with Crippen LogP contribution < -0.4 is 5.32 Å². The zero-order valence-electron chi connectivity index (χ0n) is 11.2. The molecule has 0 aliphatic heterocycles. The first-order chi connectivity index (χ1) is 8.63. The van der Waals surface area contributed by atoms with Crippen LogP contribution in [-0.4, -0.2) is 30.5 Å².